The van der Waals surface area contributed by atoms with Crippen LogP contribution >= 0.6 is 0 Å². The van der Waals surface area contributed by atoms with Crippen molar-refractivity contribution in [2.45, 2.75) is 64.1 Å². The van der Waals surface area contributed by atoms with E-state index >= 15 is 0 Å². The van der Waals surface area contributed by atoms with Crippen LogP contribution in [0.5, 0.6) is 0 Å². The first-order chi connectivity index (χ1) is 18.0. The fourth-order valence-electron chi connectivity index (χ4n) is 6.62. The molecule has 3 aliphatic rings. The van der Waals surface area contributed by atoms with Crippen molar-refractivity contribution in [1.82, 2.24) is 14.4 Å². The number of aryl methyl sites for hydroxylation is 1. The molecule has 2 aromatic carbocycles. The summed E-state index contributed by atoms with van der Waals surface area (Å²) in [5, 5.41) is 0.999. The van der Waals surface area contributed by atoms with Crippen LogP contribution < -0.4 is 4.90 Å². The Labute approximate surface area is 219 Å². The lowest BCUT2D eigenvalue weighted by molar-refractivity contribution is -0.116. The van der Waals surface area contributed by atoms with Gasteiger partial charge in [0.2, 0.25) is 5.91 Å². The number of amides is 2. The Balaban J connectivity index is 1.43. The first-order valence-corrected chi connectivity index (χ1v) is 13.9. The number of para-hydroxylation sites is 2. The maximum atomic E-state index is 14.3. The smallest absolute Gasteiger partial charge is 0.256 e. The van der Waals surface area contributed by atoms with Gasteiger partial charge in [0.15, 0.2) is 0 Å². The van der Waals surface area contributed by atoms with Gasteiger partial charge in [0, 0.05) is 75.0 Å². The van der Waals surface area contributed by atoms with Crippen LogP contribution in [-0.2, 0) is 18.4 Å². The van der Waals surface area contributed by atoms with Gasteiger partial charge in [-0.05, 0) is 55.7 Å². The molecule has 1 saturated carbocycles. The fraction of sp³-hybridized carbons (Fsp3) is 0.484. The van der Waals surface area contributed by atoms with Crippen LogP contribution in [0.3, 0.4) is 0 Å². The van der Waals surface area contributed by atoms with E-state index in [1.54, 1.807) is 6.92 Å². The second-order valence-corrected chi connectivity index (χ2v) is 11.3. The molecule has 0 N–H and O–H groups in total. The van der Waals surface area contributed by atoms with Crippen molar-refractivity contribution in [2.75, 3.05) is 24.5 Å². The molecule has 2 fully saturated rings. The predicted molar refractivity (Wildman–Crippen MR) is 148 cm³/mol. The van der Waals surface area contributed by atoms with Crippen molar-refractivity contribution in [3.8, 4) is 0 Å². The molecule has 3 aromatic rings. The van der Waals surface area contributed by atoms with Crippen molar-refractivity contribution in [2.24, 2.45) is 13.0 Å². The Morgan fingerprint density at radius 3 is 2.49 bits per heavy atom. The van der Waals surface area contributed by atoms with E-state index in [1.165, 1.54) is 25.7 Å². The van der Waals surface area contributed by atoms with Crippen molar-refractivity contribution >= 4 is 28.4 Å². The van der Waals surface area contributed by atoms with E-state index in [0.717, 1.165) is 66.1 Å². The van der Waals surface area contributed by atoms with Crippen LogP contribution in [-0.4, -0.2) is 57.9 Å². The molecule has 2 unspecified atom stereocenters. The quantitative estimate of drug-likeness (QED) is 0.498. The normalized spacial score (nSPS) is 23.0. The zero-order chi connectivity index (χ0) is 25.5. The second-order valence-electron chi connectivity index (χ2n) is 11.3. The first kappa shape index (κ1) is 24.2. The van der Waals surface area contributed by atoms with Gasteiger partial charge in [-0.25, -0.2) is 0 Å². The third-order valence-corrected chi connectivity index (χ3v) is 8.73. The van der Waals surface area contributed by atoms with E-state index in [1.807, 2.05) is 48.5 Å². The Kier molecular flexibility index (Phi) is 6.53. The zero-order valence-corrected chi connectivity index (χ0v) is 22.1. The van der Waals surface area contributed by atoms with Gasteiger partial charge in [0.05, 0.1) is 5.56 Å². The zero-order valence-electron chi connectivity index (χ0n) is 22.1. The third kappa shape index (κ3) is 4.79. The number of rotatable bonds is 3. The summed E-state index contributed by atoms with van der Waals surface area (Å²) in [4.78, 5) is 33.9. The first-order valence-electron chi connectivity index (χ1n) is 13.9. The van der Waals surface area contributed by atoms with Crippen LogP contribution in [0.4, 0.5) is 5.69 Å². The van der Waals surface area contributed by atoms with Gasteiger partial charge in [-0.15, -0.1) is 0 Å². The minimum Gasteiger partial charge on any atom is -0.350 e. The van der Waals surface area contributed by atoms with Gasteiger partial charge in [-0.1, -0.05) is 42.8 Å². The molecule has 2 aliphatic heterocycles. The van der Waals surface area contributed by atoms with Crippen LogP contribution in [0.1, 0.15) is 61.4 Å². The van der Waals surface area contributed by atoms with E-state index in [2.05, 4.69) is 32.6 Å². The molecule has 6 nitrogen and oxygen atoms in total. The molecule has 1 saturated heterocycles. The Morgan fingerprint density at radius 2 is 1.68 bits per heavy atom. The Morgan fingerprint density at radius 1 is 0.919 bits per heavy atom. The molecule has 1 aromatic heterocycles. The van der Waals surface area contributed by atoms with Gasteiger partial charge >= 0.3 is 0 Å². The predicted octanol–water partition coefficient (Wildman–Crippen LogP) is 5.21. The summed E-state index contributed by atoms with van der Waals surface area (Å²) in [7, 11) is 2.01. The van der Waals surface area contributed by atoms with Crippen molar-refractivity contribution in [3.63, 3.8) is 0 Å². The van der Waals surface area contributed by atoms with Gasteiger partial charge in [-0.2, -0.15) is 0 Å². The maximum absolute atomic E-state index is 14.3. The van der Waals surface area contributed by atoms with Gasteiger partial charge in [0.1, 0.15) is 0 Å². The summed E-state index contributed by atoms with van der Waals surface area (Å²) in [6.07, 6.45) is 9.08. The van der Waals surface area contributed by atoms with Crippen molar-refractivity contribution in [1.29, 1.82) is 0 Å². The molecule has 0 radical (unpaired) electrons. The fourth-order valence-corrected chi connectivity index (χ4v) is 6.62. The maximum Gasteiger partial charge on any atom is 0.256 e. The molecule has 2 atom stereocenters. The summed E-state index contributed by atoms with van der Waals surface area (Å²) in [6, 6.07) is 17.1. The standard InChI is InChI=1S/C31H38N4O2/c1-22(36)34-17-16-25-9-7-10-26(35(25)18-23-14-15-23)20-33(19-24-8-3-5-12-29(24)34)31(37)28-21-32(2)30-13-6-4-11-27(28)30/h3-6,8,11-13,21,23,25-26H,7,9-10,14-20H2,1-2H3. The SMILES string of the molecule is CC(=O)N1CCC2CCCC(CN(C(=O)c3cn(C)c4ccccc34)Cc3ccccc31)N2CC1CC1. The number of hydrogen-bond acceptors (Lipinski definition) is 3. The highest BCUT2D eigenvalue weighted by Gasteiger charge is 2.37. The number of carbonyl (C=O) groups excluding carboxylic acids is 2. The van der Waals surface area contributed by atoms with Crippen molar-refractivity contribution < 1.29 is 9.59 Å². The number of aromatic nitrogens is 1. The molecule has 2 bridgehead atoms. The summed E-state index contributed by atoms with van der Waals surface area (Å²) >= 11 is 0. The van der Waals surface area contributed by atoms with Gasteiger partial charge < -0.3 is 14.4 Å². The minimum atomic E-state index is 0.0692. The number of piperidine rings is 1. The highest BCUT2D eigenvalue weighted by Crippen LogP contribution is 2.36. The summed E-state index contributed by atoms with van der Waals surface area (Å²) in [6.45, 7) is 4.74. The van der Waals surface area contributed by atoms with Crippen LogP contribution in [0.2, 0.25) is 0 Å². The summed E-state index contributed by atoms with van der Waals surface area (Å²) < 4.78 is 2.05. The van der Waals surface area contributed by atoms with Crippen LogP contribution in [0, 0.1) is 5.92 Å². The monoisotopic (exact) mass is 498 g/mol. The van der Waals surface area contributed by atoms with E-state index in [-0.39, 0.29) is 11.8 Å². The minimum absolute atomic E-state index is 0.0692. The molecular formula is C31H38N4O2. The number of anilines is 1. The van der Waals surface area contributed by atoms with Gasteiger partial charge in [-0.3, -0.25) is 14.5 Å². The molecule has 2 amide bonds. The number of fused-ring (bicyclic) bond motifs is 4. The molecular weight excluding hydrogens is 460 g/mol. The van der Waals surface area contributed by atoms with E-state index in [9.17, 15) is 9.59 Å². The van der Waals surface area contributed by atoms with E-state index in [4.69, 9.17) is 0 Å². The lowest BCUT2D eigenvalue weighted by atomic mass is 9.92. The number of benzene rings is 2. The highest BCUT2D eigenvalue weighted by molar-refractivity contribution is 6.07. The topological polar surface area (TPSA) is 48.8 Å². The lowest BCUT2D eigenvalue weighted by Crippen LogP contribution is -2.53. The molecule has 194 valence electrons. The molecule has 6 rings (SSSR count). The molecule has 37 heavy (non-hydrogen) atoms. The molecule has 1 aliphatic carbocycles. The Hall–Kier alpha value is -3.12. The summed E-state index contributed by atoms with van der Waals surface area (Å²) in [5.74, 6) is 0.935. The average molecular weight is 499 g/mol. The van der Waals surface area contributed by atoms with Crippen LogP contribution in [0.25, 0.3) is 10.9 Å². The van der Waals surface area contributed by atoms with Crippen molar-refractivity contribution in [3.05, 3.63) is 65.9 Å². The van der Waals surface area contributed by atoms with E-state index in [0.29, 0.717) is 18.6 Å². The number of hydrogen-bond donors (Lipinski definition) is 0. The second kappa shape index (κ2) is 9.97. The number of carbonyl (C=O) groups is 2. The largest absolute Gasteiger partial charge is 0.350 e. The van der Waals surface area contributed by atoms with Crippen LogP contribution in [0.15, 0.2) is 54.7 Å². The molecule has 3 heterocycles. The van der Waals surface area contributed by atoms with Gasteiger partial charge in [0.25, 0.3) is 5.91 Å². The molecule has 6 heteroatoms. The third-order valence-electron chi connectivity index (χ3n) is 8.73. The molecule has 0 spiro atoms. The lowest BCUT2D eigenvalue weighted by Gasteiger charge is -2.44. The summed E-state index contributed by atoms with van der Waals surface area (Å²) in [5.41, 5.74) is 3.81. The number of nitrogens with zero attached hydrogens (tertiary/aromatic N) is 4. The highest BCUT2D eigenvalue weighted by atomic mass is 16.2. The average Bonchev–Trinajstić information content (AvgIpc) is 3.66. The Bertz CT molecular complexity index is 1310. The van der Waals surface area contributed by atoms with E-state index < -0.39 is 0 Å².